The molecular formula is C64H125NO5. The number of amides is 1. The lowest BCUT2D eigenvalue weighted by molar-refractivity contribution is -0.143. The lowest BCUT2D eigenvalue weighted by atomic mass is 10.0. The molecule has 0 aliphatic rings. The van der Waals surface area contributed by atoms with Crippen molar-refractivity contribution in [2.45, 2.75) is 373 Å². The first-order valence-corrected chi connectivity index (χ1v) is 32.0. The van der Waals surface area contributed by atoms with Crippen molar-refractivity contribution in [1.29, 1.82) is 0 Å². The summed E-state index contributed by atoms with van der Waals surface area (Å²) >= 11 is 0. The summed E-state index contributed by atoms with van der Waals surface area (Å²) in [5.41, 5.74) is 0. The van der Waals surface area contributed by atoms with Gasteiger partial charge in [-0.15, -0.1) is 0 Å². The van der Waals surface area contributed by atoms with E-state index in [1.807, 2.05) is 6.08 Å². The van der Waals surface area contributed by atoms with Crippen LogP contribution in [0.1, 0.15) is 361 Å². The van der Waals surface area contributed by atoms with E-state index in [0.29, 0.717) is 19.4 Å². The molecule has 0 saturated heterocycles. The molecule has 0 aliphatic heterocycles. The average molecular weight is 989 g/mol. The van der Waals surface area contributed by atoms with Crippen LogP contribution in [0.15, 0.2) is 12.2 Å². The smallest absolute Gasteiger partial charge is 0.305 e. The number of hydrogen-bond acceptors (Lipinski definition) is 5. The zero-order valence-corrected chi connectivity index (χ0v) is 47.5. The molecule has 2 atom stereocenters. The van der Waals surface area contributed by atoms with Crippen LogP contribution in [0.4, 0.5) is 0 Å². The summed E-state index contributed by atoms with van der Waals surface area (Å²) in [4.78, 5) is 24.6. The summed E-state index contributed by atoms with van der Waals surface area (Å²) in [7, 11) is 0. The minimum Gasteiger partial charge on any atom is -0.466 e. The van der Waals surface area contributed by atoms with Crippen molar-refractivity contribution in [3.63, 3.8) is 0 Å². The fourth-order valence-corrected chi connectivity index (χ4v) is 10.2. The Balaban J connectivity index is 3.45. The molecule has 2 unspecified atom stereocenters. The molecular weight excluding hydrogens is 863 g/mol. The van der Waals surface area contributed by atoms with E-state index in [1.54, 1.807) is 6.08 Å². The van der Waals surface area contributed by atoms with E-state index in [-0.39, 0.29) is 18.5 Å². The predicted octanol–water partition coefficient (Wildman–Crippen LogP) is 20.0. The molecule has 3 N–H and O–H groups in total. The standard InChI is InChI=1S/C64H125NO5/c1-3-5-7-9-11-13-15-17-19-21-23-24-25-26-27-28-30-32-36-40-44-48-52-56-62(67)61(60-66)65-63(68)57-53-49-45-41-37-34-35-39-43-47-51-55-59-70-64(69)58-54-50-46-42-38-33-31-29-22-20-18-16-14-12-10-8-6-4-2/h52,56,61-62,66-67H,3-51,53-55,57-60H2,1-2H3,(H,65,68)/b56-52+. The van der Waals surface area contributed by atoms with E-state index in [1.165, 1.54) is 276 Å². The number of rotatable bonds is 60. The summed E-state index contributed by atoms with van der Waals surface area (Å²) < 4.78 is 5.49. The number of ether oxygens (including phenoxy) is 1. The fourth-order valence-electron chi connectivity index (χ4n) is 10.2. The Morgan fingerprint density at radius 1 is 0.386 bits per heavy atom. The minimum absolute atomic E-state index is 0.00513. The number of unbranched alkanes of at least 4 members (excludes halogenated alkanes) is 49. The van der Waals surface area contributed by atoms with Gasteiger partial charge in [-0.1, -0.05) is 328 Å². The Morgan fingerprint density at radius 2 is 0.657 bits per heavy atom. The van der Waals surface area contributed by atoms with Crippen LogP contribution in [0.2, 0.25) is 0 Å². The number of carbonyl (C=O) groups excluding carboxylic acids is 2. The third kappa shape index (κ3) is 55.9. The van der Waals surface area contributed by atoms with Gasteiger partial charge in [-0.05, 0) is 32.1 Å². The number of aliphatic hydroxyl groups excluding tert-OH is 2. The molecule has 0 saturated carbocycles. The number of allylic oxidation sites excluding steroid dienone is 1. The lowest BCUT2D eigenvalue weighted by Crippen LogP contribution is -2.45. The average Bonchev–Trinajstić information content (AvgIpc) is 3.36. The highest BCUT2D eigenvalue weighted by molar-refractivity contribution is 5.76. The molecule has 0 radical (unpaired) electrons. The summed E-state index contributed by atoms with van der Waals surface area (Å²) in [6.07, 6.45) is 72.5. The SMILES string of the molecule is CCCCCCCCCCCCCCCCCCCCCCC/C=C/C(O)C(CO)NC(=O)CCCCCCCCCCCCCCOC(=O)CCCCCCCCCCCCCCCCCCCC. The van der Waals surface area contributed by atoms with Crippen molar-refractivity contribution in [2.75, 3.05) is 13.2 Å². The van der Waals surface area contributed by atoms with Gasteiger partial charge in [-0.25, -0.2) is 0 Å². The van der Waals surface area contributed by atoms with Crippen LogP contribution in [0.3, 0.4) is 0 Å². The molecule has 0 aromatic rings. The molecule has 6 nitrogen and oxygen atoms in total. The molecule has 70 heavy (non-hydrogen) atoms. The monoisotopic (exact) mass is 988 g/mol. The van der Waals surface area contributed by atoms with Crippen molar-refractivity contribution < 1.29 is 24.5 Å². The first-order valence-electron chi connectivity index (χ1n) is 32.0. The third-order valence-electron chi connectivity index (χ3n) is 15.1. The molecule has 0 aromatic heterocycles. The minimum atomic E-state index is -0.855. The second-order valence-corrected chi connectivity index (χ2v) is 22.1. The quantitative estimate of drug-likeness (QED) is 0.0321. The Morgan fingerprint density at radius 3 is 0.971 bits per heavy atom. The van der Waals surface area contributed by atoms with Crippen LogP contribution >= 0.6 is 0 Å². The largest absolute Gasteiger partial charge is 0.466 e. The van der Waals surface area contributed by atoms with E-state index in [2.05, 4.69) is 19.2 Å². The molecule has 0 fully saturated rings. The van der Waals surface area contributed by atoms with Crippen molar-refractivity contribution in [3.05, 3.63) is 12.2 Å². The zero-order valence-electron chi connectivity index (χ0n) is 47.5. The Labute approximate surface area is 438 Å². The van der Waals surface area contributed by atoms with Crippen molar-refractivity contribution in [2.24, 2.45) is 0 Å². The normalized spacial score (nSPS) is 12.6. The topological polar surface area (TPSA) is 95.9 Å². The van der Waals surface area contributed by atoms with Crippen LogP contribution in [-0.2, 0) is 14.3 Å². The number of hydrogen-bond donors (Lipinski definition) is 3. The van der Waals surface area contributed by atoms with Crippen molar-refractivity contribution in [3.8, 4) is 0 Å². The number of aliphatic hydroxyl groups is 2. The second kappa shape index (κ2) is 60.2. The highest BCUT2D eigenvalue weighted by atomic mass is 16.5. The van der Waals surface area contributed by atoms with Gasteiger partial charge >= 0.3 is 5.97 Å². The van der Waals surface area contributed by atoms with Gasteiger partial charge in [-0.2, -0.15) is 0 Å². The van der Waals surface area contributed by atoms with Gasteiger partial charge < -0.3 is 20.3 Å². The highest BCUT2D eigenvalue weighted by Crippen LogP contribution is 2.18. The van der Waals surface area contributed by atoms with E-state index < -0.39 is 12.1 Å². The Bertz CT molecular complexity index is 1050. The summed E-state index contributed by atoms with van der Waals surface area (Å²) in [5.74, 6) is -0.0839. The van der Waals surface area contributed by atoms with Crippen LogP contribution in [0.5, 0.6) is 0 Å². The van der Waals surface area contributed by atoms with E-state index >= 15 is 0 Å². The molecule has 0 aliphatic carbocycles. The molecule has 0 spiro atoms. The molecule has 0 rings (SSSR count). The summed E-state index contributed by atoms with van der Waals surface area (Å²) in [6.45, 7) is 4.91. The van der Waals surface area contributed by atoms with Gasteiger partial charge in [0.25, 0.3) is 0 Å². The van der Waals surface area contributed by atoms with Crippen molar-refractivity contribution in [1.82, 2.24) is 5.32 Å². The highest BCUT2D eigenvalue weighted by Gasteiger charge is 2.18. The van der Waals surface area contributed by atoms with Crippen LogP contribution in [0, 0.1) is 0 Å². The molecule has 6 heteroatoms. The molecule has 416 valence electrons. The third-order valence-corrected chi connectivity index (χ3v) is 15.1. The molecule has 0 aromatic carbocycles. The van der Waals surface area contributed by atoms with Gasteiger partial charge in [0, 0.05) is 12.8 Å². The van der Waals surface area contributed by atoms with E-state index in [0.717, 1.165) is 57.8 Å². The predicted molar refractivity (Wildman–Crippen MR) is 306 cm³/mol. The Hall–Kier alpha value is -1.40. The second-order valence-electron chi connectivity index (χ2n) is 22.1. The van der Waals surface area contributed by atoms with Gasteiger partial charge in [-0.3, -0.25) is 9.59 Å². The molecule has 1 amide bonds. The number of carbonyl (C=O) groups is 2. The van der Waals surface area contributed by atoms with Gasteiger partial charge in [0.15, 0.2) is 0 Å². The van der Waals surface area contributed by atoms with Crippen LogP contribution in [0.25, 0.3) is 0 Å². The summed E-state index contributed by atoms with van der Waals surface area (Å²) in [6, 6.07) is -0.640. The maximum absolute atomic E-state index is 12.5. The zero-order chi connectivity index (χ0) is 50.7. The van der Waals surface area contributed by atoms with Crippen LogP contribution < -0.4 is 5.32 Å². The maximum Gasteiger partial charge on any atom is 0.305 e. The molecule has 0 heterocycles. The maximum atomic E-state index is 12.5. The lowest BCUT2D eigenvalue weighted by Gasteiger charge is -2.20. The van der Waals surface area contributed by atoms with Crippen LogP contribution in [-0.4, -0.2) is 47.4 Å². The van der Waals surface area contributed by atoms with E-state index in [4.69, 9.17) is 4.74 Å². The van der Waals surface area contributed by atoms with Gasteiger partial charge in [0.05, 0.1) is 25.4 Å². The summed E-state index contributed by atoms with van der Waals surface area (Å²) in [5, 5.41) is 23.2. The number of nitrogens with one attached hydrogen (secondary N) is 1. The van der Waals surface area contributed by atoms with E-state index in [9.17, 15) is 19.8 Å². The molecule has 0 bridgehead atoms. The van der Waals surface area contributed by atoms with Gasteiger partial charge in [0.1, 0.15) is 0 Å². The van der Waals surface area contributed by atoms with Crippen molar-refractivity contribution >= 4 is 11.9 Å². The first kappa shape index (κ1) is 68.6. The first-order chi connectivity index (χ1) is 34.5. The number of esters is 1. The Kier molecular flexibility index (Phi) is 59.0. The fraction of sp³-hybridized carbons (Fsp3) is 0.938. The van der Waals surface area contributed by atoms with Gasteiger partial charge in [0.2, 0.25) is 5.91 Å².